The Morgan fingerprint density at radius 2 is 1.83 bits per heavy atom. The number of carbonyl (C=O) groups is 1. The molecule has 5 heteroatoms. The number of carbonyl (C=O) groups excluding carboxylic acids is 1. The number of amides is 1. The highest BCUT2D eigenvalue weighted by Gasteiger charge is 2.09. The molecule has 0 radical (unpaired) electrons. The smallest absolute Gasteiger partial charge is 0.408 e. The summed E-state index contributed by atoms with van der Waals surface area (Å²) in [6.45, 7) is 0. The fourth-order valence-corrected chi connectivity index (χ4v) is 0.693. The van der Waals surface area contributed by atoms with Crippen LogP contribution in [-0.4, -0.2) is 10.0 Å². The summed E-state index contributed by atoms with van der Waals surface area (Å²) < 4.78 is 5.03. The minimum Gasteiger partial charge on any atom is -0.408 e. The Labute approximate surface area is 79.7 Å². The molecule has 3 nitrogen and oxygen atoms in total. The molecule has 0 aliphatic heterocycles. The van der Waals surface area contributed by atoms with E-state index in [-0.39, 0.29) is 0 Å². The van der Waals surface area contributed by atoms with Gasteiger partial charge in [-0.25, -0.2) is 4.79 Å². The van der Waals surface area contributed by atoms with Crippen molar-refractivity contribution >= 4 is 29.6 Å². The maximum atomic E-state index is 10.8. The third-order valence-corrected chi connectivity index (χ3v) is 1.36. The van der Waals surface area contributed by atoms with Crippen molar-refractivity contribution in [3.63, 3.8) is 0 Å². The van der Waals surface area contributed by atoms with Gasteiger partial charge in [-0.15, -0.1) is 3.94 Å². The maximum Gasteiger partial charge on any atom is 0.445 e. The minimum absolute atomic E-state index is 0.326. The van der Waals surface area contributed by atoms with E-state index in [4.69, 9.17) is 28.3 Å². The Morgan fingerprint density at radius 1 is 1.25 bits per heavy atom. The van der Waals surface area contributed by atoms with E-state index in [0.29, 0.717) is 9.69 Å². The van der Waals surface area contributed by atoms with Crippen molar-refractivity contribution in [2.24, 2.45) is 0 Å². The number of hydrogen-bond donors (Lipinski definition) is 0. The van der Waals surface area contributed by atoms with Crippen LogP contribution in [0.2, 0.25) is 0 Å². The molecule has 1 amide bonds. The lowest BCUT2D eigenvalue weighted by Gasteiger charge is -2.04. The SMILES string of the molecule is O=C(Oc1ccccc1)N(Cl)Cl. The first-order chi connectivity index (χ1) is 5.70. The molecule has 1 aromatic carbocycles. The van der Waals surface area contributed by atoms with E-state index in [0.717, 1.165) is 0 Å². The third kappa shape index (κ3) is 2.60. The van der Waals surface area contributed by atoms with Gasteiger partial charge >= 0.3 is 6.09 Å². The second-order valence-electron chi connectivity index (χ2n) is 1.91. The molecule has 0 heterocycles. The van der Waals surface area contributed by atoms with E-state index in [1.807, 2.05) is 0 Å². The summed E-state index contributed by atoms with van der Waals surface area (Å²) in [6, 6.07) is 8.51. The number of rotatable bonds is 1. The van der Waals surface area contributed by atoms with Crippen LogP contribution in [0.25, 0.3) is 0 Å². The van der Waals surface area contributed by atoms with Crippen LogP contribution in [0, 0.1) is 0 Å². The molecule has 0 spiro atoms. The average Bonchev–Trinajstić information content (AvgIpc) is 2.06. The first-order valence-corrected chi connectivity index (χ1v) is 3.76. The molecular weight excluding hydrogens is 201 g/mol. The predicted molar refractivity (Wildman–Crippen MR) is 46.0 cm³/mol. The van der Waals surface area contributed by atoms with E-state index in [1.165, 1.54) is 0 Å². The molecule has 0 bridgehead atoms. The van der Waals surface area contributed by atoms with Crippen molar-refractivity contribution < 1.29 is 9.53 Å². The average molecular weight is 206 g/mol. The molecule has 0 aliphatic rings. The van der Waals surface area contributed by atoms with E-state index < -0.39 is 6.09 Å². The molecule has 0 aromatic heterocycles. The predicted octanol–water partition coefficient (Wildman–Crippen LogP) is 2.80. The zero-order chi connectivity index (χ0) is 8.97. The number of halogens is 2. The number of ether oxygens (including phenoxy) is 1. The van der Waals surface area contributed by atoms with Gasteiger partial charge in [0.15, 0.2) is 0 Å². The fourth-order valence-electron chi connectivity index (χ4n) is 0.624. The highest BCUT2D eigenvalue weighted by Crippen LogP contribution is 2.11. The number of nitrogens with zero attached hydrogens (tertiary/aromatic N) is 1. The second-order valence-corrected chi connectivity index (χ2v) is 2.76. The number of para-hydroxylation sites is 1. The lowest BCUT2D eigenvalue weighted by molar-refractivity contribution is 0.195. The van der Waals surface area contributed by atoms with Crippen LogP contribution in [0.3, 0.4) is 0 Å². The second kappa shape index (κ2) is 4.18. The summed E-state index contributed by atoms with van der Waals surface area (Å²) in [7, 11) is 0. The maximum absolute atomic E-state index is 10.8. The van der Waals surface area contributed by atoms with Crippen molar-refractivity contribution in [1.82, 2.24) is 3.94 Å². The quantitative estimate of drug-likeness (QED) is 0.661. The summed E-state index contributed by atoms with van der Waals surface area (Å²) in [6.07, 6.45) is -0.829. The van der Waals surface area contributed by atoms with Gasteiger partial charge in [0.05, 0.1) is 0 Å². The number of hydrogen-bond acceptors (Lipinski definition) is 2. The Bertz CT molecular complexity index is 263. The van der Waals surface area contributed by atoms with Crippen molar-refractivity contribution in [1.29, 1.82) is 0 Å². The monoisotopic (exact) mass is 205 g/mol. The van der Waals surface area contributed by atoms with E-state index in [9.17, 15) is 4.79 Å². The lowest BCUT2D eigenvalue weighted by atomic mass is 10.3. The van der Waals surface area contributed by atoms with Gasteiger partial charge in [-0.1, -0.05) is 18.2 Å². The van der Waals surface area contributed by atoms with Gasteiger partial charge < -0.3 is 4.74 Å². The van der Waals surface area contributed by atoms with Crippen LogP contribution in [0.5, 0.6) is 5.75 Å². The van der Waals surface area contributed by atoms with E-state index in [1.54, 1.807) is 30.3 Å². The normalized spacial score (nSPS) is 9.17. The van der Waals surface area contributed by atoms with Gasteiger partial charge in [0.2, 0.25) is 0 Å². The fraction of sp³-hybridized carbons (Fsp3) is 0. The molecule has 0 saturated heterocycles. The molecule has 64 valence electrons. The van der Waals surface area contributed by atoms with Gasteiger partial charge in [-0.3, -0.25) is 0 Å². The van der Waals surface area contributed by atoms with Crippen molar-refractivity contribution in [2.75, 3.05) is 0 Å². The first kappa shape index (κ1) is 9.16. The highest BCUT2D eigenvalue weighted by molar-refractivity contribution is 6.40. The molecular formula is C7H5Cl2NO2. The van der Waals surface area contributed by atoms with Crippen molar-refractivity contribution in [3.8, 4) is 5.75 Å². The zero-order valence-electron chi connectivity index (χ0n) is 5.91. The third-order valence-electron chi connectivity index (χ3n) is 1.09. The van der Waals surface area contributed by atoms with Gasteiger partial charge in [-0.05, 0) is 12.1 Å². The molecule has 1 rings (SSSR count). The summed E-state index contributed by atoms with van der Waals surface area (Å²) >= 11 is 10.2. The Hall–Kier alpha value is -0.930. The van der Waals surface area contributed by atoms with Gasteiger partial charge in [-0.2, -0.15) is 0 Å². The molecule has 12 heavy (non-hydrogen) atoms. The molecule has 0 saturated carbocycles. The van der Waals surface area contributed by atoms with Crippen molar-refractivity contribution in [2.45, 2.75) is 0 Å². The summed E-state index contributed by atoms with van der Waals surface area (Å²) in [5, 5.41) is 0. The van der Waals surface area contributed by atoms with Crippen LogP contribution in [0.4, 0.5) is 4.79 Å². The van der Waals surface area contributed by atoms with Gasteiger partial charge in [0.25, 0.3) is 0 Å². The molecule has 0 N–H and O–H groups in total. The van der Waals surface area contributed by atoms with E-state index >= 15 is 0 Å². The van der Waals surface area contributed by atoms with Gasteiger partial charge in [0, 0.05) is 23.6 Å². The Balaban J connectivity index is 2.59. The molecule has 0 aliphatic carbocycles. The molecule has 0 unspecified atom stereocenters. The summed E-state index contributed by atoms with van der Waals surface area (Å²) in [4.78, 5) is 10.8. The van der Waals surface area contributed by atoms with Crippen LogP contribution < -0.4 is 4.74 Å². The highest BCUT2D eigenvalue weighted by atomic mass is 35.5. The lowest BCUT2D eigenvalue weighted by Crippen LogP contribution is -2.16. The first-order valence-electron chi connectivity index (χ1n) is 3.08. The summed E-state index contributed by atoms with van der Waals surface area (Å²) in [5.41, 5.74) is 0. The Morgan fingerprint density at radius 3 is 2.33 bits per heavy atom. The molecule has 0 atom stereocenters. The van der Waals surface area contributed by atoms with Gasteiger partial charge in [0.1, 0.15) is 5.75 Å². The van der Waals surface area contributed by atoms with Crippen LogP contribution >= 0.6 is 23.6 Å². The molecule has 0 fully saturated rings. The largest absolute Gasteiger partial charge is 0.445 e. The van der Waals surface area contributed by atoms with Crippen LogP contribution in [-0.2, 0) is 0 Å². The Kier molecular flexibility index (Phi) is 3.19. The van der Waals surface area contributed by atoms with Crippen LogP contribution in [0.1, 0.15) is 0 Å². The van der Waals surface area contributed by atoms with Crippen LogP contribution in [0.15, 0.2) is 30.3 Å². The van der Waals surface area contributed by atoms with E-state index in [2.05, 4.69) is 0 Å². The summed E-state index contributed by atoms with van der Waals surface area (Å²) in [5.74, 6) is 0.397. The minimum atomic E-state index is -0.829. The molecule has 1 aromatic rings. The van der Waals surface area contributed by atoms with Crippen molar-refractivity contribution in [3.05, 3.63) is 30.3 Å². The number of benzene rings is 1. The zero-order valence-corrected chi connectivity index (χ0v) is 7.42. The standard InChI is InChI=1S/C7H5Cl2NO2/c8-10(9)7(11)12-6-4-2-1-3-5-6/h1-5H. The topological polar surface area (TPSA) is 29.5 Å².